The van der Waals surface area contributed by atoms with E-state index in [1.807, 2.05) is 32.9 Å². The highest BCUT2D eigenvalue weighted by Crippen LogP contribution is 2.26. The third kappa shape index (κ3) is 6.63. The van der Waals surface area contributed by atoms with Gasteiger partial charge in [0, 0.05) is 35.8 Å². The molecule has 0 atom stereocenters. The zero-order valence-electron chi connectivity index (χ0n) is 19.1. The Bertz CT molecular complexity index is 1190. The van der Waals surface area contributed by atoms with Crippen LogP contribution >= 0.6 is 0 Å². The van der Waals surface area contributed by atoms with E-state index < -0.39 is 10.0 Å². The van der Waals surface area contributed by atoms with E-state index in [-0.39, 0.29) is 10.8 Å². The first-order chi connectivity index (χ1) is 15.8. The number of sulfonamides is 1. The van der Waals surface area contributed by atoms with Crippen LogP contribution in [-0.4, -0.2) is 25.9 Å². The lowest BCUT2D eigenvalue weighted by Gasteiger charge is -2.14. The third-order valence-corrected chi connectivity index (χ3v) is 6.51. The summed E-state index contributed by atoms with van der Waals surface area (Å²) >= 11 is 0. The van der Waals surface area contributed by atoms with Gasteiger partial charge < -0.3 is 10.1 Å². The van der Waals surface area contributed by atoms with E-state index in [0.717, 1.165) is 35.3 Å². The van der Waals surface area contributed by atoms with Gasteiger partial charge in [0.2, 0.25) is 10.0 Å². The number of nitrogens with one attached hydrogen (secondary N) is 2. The van der Waals surface area contributed by atoms with Gasteiger partial charge in [0.1, 0.15) is 12.4 Å². The van der Waals surface area contributed by atoms with Gasteiger partial charge in [-0.1, -0.05) is 25.5 Å². The number of hydrogen-bond acceptors (Lipinski definition) is 5. The average molecular weight is 468 g/mol. The number of hydrogen-bond donors (Lipinski definition) is 2. The van der Waals surface area contributed by atoms with Crippen LogP contribution in [-0.2, 0) is 16.6 Å². The van der Waals surface area contributed by atoms with E-state index in [0.29, 0.717) is 24.4 Å². The predicted molar refractivity (Wildman–Crippen MR) is 129 cm³/mol. The van der Waals surface area contributed by atoms with Crippen LogP contribution in [0.15, 0.2) is 65.8 Å². The molecule has 2 aromatic carbocycles. The maximum Gasteiger partial charge on any atom is 0.255 e. The van der Waals surface area contributed by atoms with Gasteiger partial charge in [-0.15, -0.1) is 0 Å². The zero-order valence-corrected chi connectivity index (χ0v) is 19.9. The number of carbonyl (C=O) groups is 1. The number of rotatable bonds is 10. The molecule has 0 aliphatic carbocycles. The highest BCUT2D eigenvalue weighted by molar-refractivity contribution is 7.89. The van der Waals surface area contributed by atoms with Crippen molar-refractivity contribution in [1.29, 1.82) is 0 Å². The fourth-order valence-electron chi connectivity index (χ4n) is 3.36. The Labute approximate surface area is 195 Å². The second-order valence-corrected chi connectivity index (χ2v) is 9.59. The molecule has 1 aromatic heterocycles. The van der Waals surface area contributed by atoms with E-state index in [1.165, 1.54) is 12.1 Å². The number of anilines is 1. The molecule has 2 N–H and O–H groups in total. The number of amides is 1. The third-order valence-electron chi connectivity index (χ3n) is 5.05. The van der Waals surface area contributed by atoms with Gasteiger partial charge in [0.25, 0.3) is 5.91 Å². The molecular formula is C25H29N3O4S. The first kappa shape index (κ1) is 24.4. The highest BCUT2D eigenvalue weighted by Gasteiger charge is 2.16. The van der Waals surface area contributed by atoms with Crippen LogP contribution in [0.3, 0.4) is 0 Å². The molecule has 174 valence electrons. The van der Waals surface area contributed by atoms with Crippen LogP contribution in [0.25, 0.3) is 0 Å². The molecule has 0 aliphatic rings. The van der Waals surface area contributed by atoms with Gasteiger partial charge >= 0.3 is 0 Å². The van der Waals surface area contributed by atoms with Gasteiger partial charge in [-0.2, -0.15) is 0 Å². The molecular weight excluding hydrogens is 438 g/mol. The summed E-state index contributed by atoms with van der Waals surface area (Å²) in [5, 5.41) is 2.79. The molecule has 0 unspecified atom stereocenters. The van der Waals surface area contributed by atoms with Crippen molar-refractivity contribution in [3.05, 3.63) is 83.2 Å². The molecule has 0 spiro atoms. The smallest absolute Gasteiger partial charge is 0.255 e. The Morgan fingerprint density at radius 3 is 2.48 bits per heavy atom. The van der Waals surface area contributed by atoms with Gasteiger partial charge in [-0.3, -0.25) is 9.78 Å². The molecule has 1 heterocycles. The Balaban J connectivity index is 1.71. The molecule has 33 heavy (non-hydrogen) atoms. The fourth-order valence-corrected chi connectivity index (χ4v) is 4.48. The fraction of sp³-hybridized carbons (Fsp3) is 0.280. The first-order valence-electron chi connectivity index (χ1n) is 10.8. The first-order valence-corrected chi connectivity index (χ1v) is 12.3. The van der Waals surface area contributed by atoms with Crippen LogP contribution < -0.4 is 14.8 Å². The van der Waals surface area contributed by atoms with Gasteiger partial charge in [0.15, 0.2) is 0 Å². The normalized spacial score (nSPS) is 11.2. The summed E-state index contributed by atoms with van der Waals surface area (Å²) < 4.78 is 33.5. The number of ether oxygens (including phenoxy) is 1. The number of carbonyl (C=O) groups excluding carboxylic acids is 1. The number of nitrogens with zero attached hydrogens (tertiary/aromatic N) is 1. The minimum absolute atomic E-state index is 0.114. The summed E-state index contributed by atoms with van der Waals surface area (Å²) in [5.41, 5.74) is 3.50. The van der Waals surface area contributed by atoms with Crippen molar-refractivity contribution in [2.45, 2.75) is 45.1 Å². The Morgan fingerprint density at radius 2 is 1.82 bits per heavy atom. The summed E-state index contributed by atoms with van der Waals surface area (Å²) in [6.45, 7) is 6.53. The summed E-state index contributed by atoms with van der Waals surface area (Å²) in [6.07, 6.45) is 5.11. The lowest BCUT2D eigenvalue weighted by molar-refractivity contribution is 0.102. The molecule has 0 radical (unpaired) electrons. The number of aromatic nitrogens is 1. The predicted octanol–water partition coefficient (Wildman–Crippen LogP) is 4.61. The van der Waals surface area contributed by atoms with Crippen molar-refractivity contribution >= 4 is 21.6 Å². The molecule has 0 aliphatic heterocycles. The summed E-state index contributed by atoms with van der Waals surface area (Å²) in [7, 11) is -3.63. The SMILES string of the molecule is CCCCNS(=O)(=O)c1cccc(NC(=O)c2cc(C)c(OCc3cccnc3)c(C)c2)c1. The van der Waals surface area contributed by atoms with Crippen molar-refractivity contribution in [1.82, 2.24) is 9.71 Å². The van der Waals surface area contributed by atoms with E-state index in [1.54, 1.807) is 36.7 Å². The molecule has 0 saturated heterocycles. The number of unbranched alkanes of at least 4 members (excludes halogenated alkanes) is 1. The van der Waals surface area contributed by atoms with Gasteiger partial charge in [-0.25, -0.2) is 13.1 Å². The summed E-state index contributed by atoms with van der Waals surface area (Å²) in [6, 6.07) is 13.5. The molecule has 8 heteroatoms. The lowest BCUT2D eigenvalue weighted by atomic mass is 10.0. The standard InChI is InChI=1S/C25H29N3O4S/c1-4-5-12-27-33(30,31)23-10-6-9-22(15-23)28-25(29)21-13-18(2)24(19(3)14-21)32-17-20-8-7-11-26-16-20/h6-11,13-16,27H,4-5,12,17H2,1-3H3,(H,28,29). The van der Waals surface area contributed by atoms with Gasteiger partial charge in [0.05, 0.1) is 4.90 Å². The maximum atomic E-state index is 12.9. The minimum Gasteiger partial charge on any atom is -0.488 e. The van der Waals surface area contributed by atoms with Crippen LogP contribution in [0.4, 0.5) is 5.69 Å². The zero-order chi connectivity index (χ0) is 23.8. The Kier molecular flexibility index (Phi) is 8.19. The molecule has 7 nitrogen and oxygen atoms in total. The number of pyridine rings is 1. The number of aryl methyl sites for hydroxylation is 2. The van der Waals surface area contributed by atoms with Crippen molar-refractivity contribution in [2.24, 2.45) is 0 Å². The highest BCUT2D eigenvalue weighted by atomic mass is 32.2. The topological polar surface area (TPSA) is 97.4 Å². The van der Waals surface area contributed by atoms with E-state index >= 15 is 0 Å². The largest absolute Gasteiger partial charge is 0.488 e. The molecule has 3 rings (SSSR count). The molecule has 0 fully saturated rings. The second kappa shape index (κ2) is 11.1. The maximum absolute atomic E-state index is 12.9. The summed E-state index contributed by atoms with van der Waals surface area (Å²) in [5.74, 6) is 0.398. The minimum atomic E-state index is -3.63. The number of benzene rings is 2. The van der Waals surface area contributed by atoms with E-state index in [2.05, 4.69) is 15.0 Å². The van der Waals surface area contributed by atoms with Gasteiger partial charge in [-0.05, 0) is 67.8 Å². The molecule has 0 bridgehead atoms. The van der Waals surface area contributed by atoms with Crippen molar-refractivity contribution in [3.8, 4) is 5.75 Å². The van der Waals surface area contributed by atoms with Crippen molar-refractivity contribution in [3.63, 3.8) is 0 Å². The Hall–Kier alpha value is -3.23. The van der Waals surface area contributed by atoms with Crippen molar-refractivity contribution < 1.29 is 17.9 Å². The van der Waals surface area contributed by atoms with Crippen molar-refractivity contribution in [2.75, 3.05) is 11.9 Å². The molecule has 3 aromatic rings. The molecule has 1 amide bonds. The van der Waals surface area contributed by atoms with Crippen LogP contribution in [0.2, 0.25) is 0 Å². The van der Waals surface area contributed by atoms with E-state index in [9.17, 15) is 13.2 Å². The average Bonchev–Trinajstić information content (AvgIpc) is 2.79. The quantitative estimate of drug-likeness (QED) is 0.425. The summed E-state index contributed by atoms with van der Waals surface area (Å²) in [4.78, 5) is 17.1. The van der Waals surface area contributed by atoms with Crippen LogP contribution in [0.1, 0.15) is 46.8 Å². The molecule has 0 saturated carbocycles. The monoisotopic (exact) mass is 467 g/mol. The Morgan fingerprint density at radius 1 is 1.06 bits per heavy atom. The lowest BCUT2D eigenvalue weighted by Crippen LogP contribution is -2.24. The van der Waals surface area contributed by atoms with E-state index in [4.69, 9.17) is 4.74 Å². The van der Waals surface area contributed by atoms with Crippen LogP contribution in [0.5, 0.6) is 5.75 Å². The van der Waals surface area contributed by atoms with Crippen LogP contribution in [0, 0.1) is 13.8 Å². The second-order valence-electron chi connectivity index (χ2n) is 7.82.